The molecule has 5 nitrogen and oxygen atoms in total. The van der Waals surface area contributed by atoms with Gasteiger partial charge in [-0.3, -0.25) is 0 Å². The Morgan fingerprint density at radius 1 is 1.14 bits per heavy atom. The molecule has 28 heavy (non-hydrogen) atoms. The number of aromatic hydroxyl groups is 1. The van der Waals surface area contributed by atoms with Gasteiger partial charge in [-0.2, -0.15) is 0 Å². The molecule has 2 aromatic carbocycles. The number of nitrogens with two attached hydrogens (primary N) is 1. The third kappa shape index (κ3) is 2.61. The second-order valence-electron chi connectivity index (χ2n) is 6.25. The molecule has 0 saturated carbocycles. The predicted octanol–water partition coefficient (Wildman–Crippen LogP) is 4.75. The standard InChI is InChI=1S/C20H15F2N3O2S/c1-10-7-8-28-19(10)18-17(20(23)24-27)16-12(21)3-2-4-15(16)25(18)14-6-5-11(26)9-13(14)22/h2-9,26-27H,1H3,(H2,23,24). The molecule has 0 atom stereocenters. The van der Waals surface area contributed by atoms with Gasteiger partial charge in [0.05, 0.1) is 27.3 Å². The van der Waals surface area contributed by atoms with Crippen LogP contribution in [-0.4, -0.2) is 20.7 Å². The first-order valence-electron chi connectivity index (χ1n) is 8.28. The van der Waals surface area contributed by atoms with Crippen molar-refractivity contribution in [2.75, 3.05) is 0 Å². The van der Waals surface area contributed by atoms with Gasteiger partial charge in [0, 0.05) is 11.5 Å². The van der Waals surface area contributed by atoms with E-state index >= 15 is 0 Å². The van der Waals surface area contributed by atoms with Crippen LogP contribution < -0.4 is 5.73 Å². The second kappa shape index (κ2) is 6.65. The van der Waals surface area contributed by atoms with Crippen molar-refractivity contribution in [2.45, 2.75) is 6.92 Å². The number of thiophene rings is 1. The molecule has 8 heteroatoms. The van der Waals surface area contributed by atoms with Crippen molar-refractivity contribution in [2.24, 2.45) is 10.9 Å². The molecule has 0 unspecified atom stereocenters. The van der Waals surface area contributed by atoms with Crippen LogP contribution in [0, 0.1) is 18.6 Å². The van der Waals surface area contributed by atoms with Crippen LogP contribution in [0.2, 0.25) is 0 Å². The topological polar surface area (TPSA) is 83.8 Å². The monoisotopic (exact) mass is 399 g/mol. The van der Waals surface area contributed by atoms with Gasteiger partial charge in [-0.25, -0.2) is 8.78 Å². The van der Waals surface area contributed by atoms with E-state index in [1.54, 1.807) is 6.07 Å². The lowest BCUT2D eigenvalue weighted by atomic mass is 10.1. The number of oxime groups is 1. The lowest BCUT2D eigenvalue weighted by Crippen LogP contribution is -2.15. The number of benzene rings is 2. The molecule has 0 amide bonds. The molecule has 142 valence electrons. The Balaban J connectivity index is 2.27. The Morgan fingerprint density at radius 2 is 1.93 bits per heavy atom. The summed E-state index contributed by atoms with van der Waals surface area (Å²) in [5.41, 5.74) is 7.85. The van der Waals surface area contributed by atoms with E-state index in [2.05, 4.69) is 5.16 Å². The van der Waals surface area contributed by atoms with Crippen molar-refractivity contribution in [3.05, 3.63) is 70.6 Å². The van der Waals surface area contributed by atoms with Gasteiger partial charge in [-0.1, -0.05) is 11.2 Å². The van der Waals surface area contributed by atoms with Crippen molar-refractivity contribution < 1.29 is 19.1 Å². The van der Waals surface area contributed by atoms with Crippen LogP contribution in [0.5, 0.6) is 5.75 Å². The SMILES string of the molecule is Cc1ccsc1-c1c(C(N)=NO)c2c(F)cccc2n1-c1ccc(O)cc1F. The van der Waals surface area contributed by atoms with E-state index in [4.69, 9.17) is 5.73 Å². The van der Waals surface area contributed by atoms with Crippen LogP contribution in [0.15, 0.2) is 53.0 Å². The summed E-state index contributed by atoms with van der Waals surface area (Å²) in [6, 6.07) is 10.0. The maximum atomic E-state index is 14.8. The van der Waals surface area contributed by atoms with Gasteiger partial charge >= 0.3 is 0 Å². The minimum Gasteiger partial charge on any atom is -0.508 e. The number of phenolic OH excluding ortho intramolecular Hbond substituents is 1. The number of nitrogens with zero attached hydrogens (tertiary/aromatic N) is 2. The second-order valence-corrected chi connectivity index (χ2v) is 7.16. The molecule has 0 spiro atoms. The van der Waals surface area contributed by atoms with Crippen molar-refractivity contribution in [1.82, 2.24) is 4.57 Å². The van der Waals surface area contributed by atoms with E-state index in [0.29, 0.717) is 11.2 Å². The summed E-state index contributed by atoms with van der Waals surface area (Å²) < 4.78 is 31.1. The zero-order valence-corrected chi connectivity index (χ0v) is 15.5. The molecule has 0 aliphatic rings. The Bertz CT molecular complexity index is 1240. The summed E-state index contributed by atoms with van der Waals surface area (Å²) in [5.74, 6) is -1.78. The van der Waals surface area contributed by atoms with Crippen molar-refractivity contribution in [1.29, 1.82) is 0 Å². The molecule has 2 aromatic heterocycles. The summed E-state index contributed by atoms with van der Waals surface area (Å²) in [5, 5.41) is 24.0. The molecule has 0 fully saturated rings. The van der Waals surface area contributed by atoms with E-state index < -0.39 is 11.6 Å². The Labute approximate surface area is 162 Å². The molecule has 0 aliphatic carbocycles. The van der Waals surface area contributed by atoms with Crippen LogP contribution in [0.1, 0.15) is 11.1 Å². The number of halogens is 2. The summed E-state index contributed by atoms with van der Waals surface area (Å²) in [4.78, 5) is 0.727. The first-order valence-corrected chi connectivity index (χ1v) is 9.16. The summed E-state index contributed by atoms with van der Waals surface area (Å²) in [7, 11) is 0. The Kier molecular flexibility index (Phi) is 4.27. The summed E-state index contributed by atoms with van der Waals surface area (Å²) in [6.07, 6.45) is 0. The summed E-state index contributed by atoms with van der Waals surface area (Å²) >= 11 is 1.38. The Hall–Kier alpha value is -3.39. The molecule has 4 aromatic rings. The minimum atomic E-state index is -0.692. The van der Waals surface area contributed by atoms with Crippen LogP contribution in [0.3, 0.4) is 0 Å². The molecule has 0 saturated heterocycles. The zero-order valence-electron chi connectivity index (χ0n) is 14.6. The number of aryl methyl sites for hydroxylation is 1. The van der Waals surface area contributed by atoms with Gasteiger partial charge in [0.25, 0.3) is 0 Å². The van der Waals surface area contributed by atoms with Crippen molar-refractivity contribution in [3.8, 4) is 22.0 Å². The lowest BCUT2D eigenvalue weighted by molar-refractivity contribution is 0.318. The smallest absolute Gasteiger partial charge is 0.173 e. The van der Waals surface area contributed by atoms with Gasteiger partial charge in [0.2, 0.25) is 0 Å². The highest BCUT2D eigenvalue weighted by Crippen LogP contribution is 2.41. The molecule has 4 N–H and O–H groups in total. The highest BCUT2D eigenvalue weighted by Gasteiger charge is 2.27. The number of amidine groups is 1. The number of fused-ring (bicyclic) bond motifs is 1. The normalized spacial score (nSPS) is 12.0. The van der Waals surface area contributed by atoms with E-state index in [9.17, 15) is 19.1 Å². The highest BCUT2D eigenvalue weighted by atomic mass is 32.1. The van der Waals surface area contributed by atoms with E-state index in [1.807, 2.05) is 18.4 Å². The van der Waals surface area contributed by atoms with Crippen LogP contribution in [0.4, 0.5) is 8.78 Å². The maximum Gasteiger partial charge on any atom is 0.173 e. The first kappa shape index (κ1) is 18.0. The number of hydrogen-bond donors (Lipinski definition) is 3. The molecule has 0 aliphatic heterocycles. The van der Waals surface area contributed by atoms with Crippen molar-refractivity contribution in [3.63, 3.8) is 0 Å². The van der Waals surface area contributed by atoms with Crippen molar-refractivity contribution >= 4 is 28.1 Å². The maximum absolute atomic E-state index is 14.8. The lowest BCUT2D eigenvalue weighted by Gasteiger charge is -2.13. The molecular weight excluding hydrogens is 384 g/mol. The van der Waals surface area contributed by atoms with Crippen LogP contribution >= 0.6 is 11.3 Å². The van der Waals surface area contributed by atoms with E-state index in [-0.39, 0.29) is 28.2 Å². The molecule has 4 rings (SSSR count). The number of hydrogen-bond acceptors (Lipinski definition) is 4. The minimum absolute atomic E-state index is 0.105. The number of phenols is 1. The van der Waals surface area contributed by atoms with Gasteiger partial charge < -0.3 is 20.6 Å². The average molecular weight is 399 g/mol. The van der Waals surface area contributed by atoms with E-state index in [1.165, 1.54) is 40.2 Å². The first-order chi connectivity index (χ1) is 13.4. The van der Waals surface area contributed by atoms with Crippen LogP contribution in [-0.2, 0) is 0 Å². The third-order valence-electron chi connectivity index (χ3n) is 4.56. The molecular formula is C20H15F2N3O2S. The van der Waals surface area contributed by atoms with Crippen LogP contribution in [0.25, 0.3) is 27.2 Å². The fourth-order valence-corrected chi connectivity index (χ4v) is 4.32. The van der Waals surface area contributed by atoms with Gasteiger partial charge in [-0.15, -0.1) is 11.3 Å². The Morgan fingerprint density at radius 3 is 2.57 bits per heavy atom. The largest absolute Gasteiger partial charge is 0.508 e. The fraction of sp³-hybridized carbons (Fsp3) is 0.0500. The number of aromatic nitrogens is 1. The third-order valence-corrected chi connectivity index (χ3v) is 5.58. The van der Waals surface area contributed by atoms with E-state index in [0.717, 1.165) is 16.5 Å². The highest BCUT2D eigenvalue weighted by molar-refractivity contribution is 7.13. The average Bonchev–Trinajstić information content (AvgIpc) is 3.23. The molecule has 0 bridgehead atoms. The zero-order chi connectivity index (χ0) is 20.0. The summed E-state index contributed by atoms with van der Waals surface area (Å²) in [6.45, 7) is 1.87. The quantitative estimate of drug-likeness (QED) is 0.201. The number of rotatable bonds is 3. The predicted molar refractivity (Wildman–Crippen MR) is 105 cm³/mol. The van der Waals surface area contributed by atoms with Gasteiger partial charge in [0.15, 0.2) is 11.7 Å². The molecule has 2 heterocycles. The van der Waals surface area contributed by atoms with Gasteiger partial charge in [-0.05, 0) is 48.2 Å². The fourth-order valence-electron chi connectivity index (χ4n) is 3.35. The molecule has 0 radical (unpaired) electrons. The van der Waals surface area contributed by atoms with Gasteiger partial charge in [0.1, 0.15) is 11.6 Å².